The highest BCUT2D eigenvalue weighted by atomic mass is 16.5. The molecule has 4 rings (SSSR count). The Hall–Kier alpha value is -3.28. The number of aryl methyl sites for hydroxylation is 1. The zero-order chi connectivity index (χ0) is 19.0. The molecule has 0 radical (unpaired) electrons. The van der Waals surface area contributed by atoms with Crippen LogP contribution in [0.5, 0.6) is 11.5 Å². The maximum Gasteiger partial charge on any atom is 0.252 e. The number of rotatable bonds is 4. The lowest BCUT2D eigenvalue weighted by molar-refractivity contribution is 0.0938. The molecule has 1 heterocycles. The summed E-state index contributed by atoms with van der Waals surface area (Å²) in [6.07, 6.45) is 1.63. The first-order valence-electron chi connectivity index (χ1n) is 8.78. The van der Waals surface area contributed by atoms with Gasteiger partial charge in [0, 0.05) is 17.0 Å². The number of hydrogen-bond acceptors (Lipinski definition) is 4. The number of aromatic nitrogens is 1. The Labute approximate surface area is 156 Å². The van der Waals surface area contributed by atoms with Crippen LogP contribution in [0, 0.1) is 0 Å². The summed E-state index contributed by atoms with van der Waals surface area (Å²) in [7, 11) is 3.20. The Morgan fingerprint density at radius 1 is 1.11 bits per heavy atom. The van der Waals surface area contributed by atoms with Crippen LogP contribution >= 0.6 is 0 Å². The number of benzene rings is 2. The van der Waals surface area contributed by atoms with Gasteiger partial charge in [-0.3, -0.25) is 9.59 Å². The number of carbonyl (C=O) groups excluding carboxylic acids is 1. The van der Waals surface area contributed by atoms with Gasteiger partial charge in [0.15, 0.2) is 11.5 Å². The molecule has 138 valence electrons. The topological polar surface area (TPSA) is 80.4 Å². The fraction of sp³-hybridized carbons (Fsp3) is 0.238. The van der Waals surface area contributed by atoms with E-state index in [0.717, 1.165) is 29.4 Å². The molecule has 27 heavy (non-hydrogen) atoms. The first-order valence-corrected chi connectivity index (χ1v) is 8.78. The number of hydrogen-bond donors (Lipinski definition) is 2. The molecule has 6 nitrogen and oxygen atoms in total. The van der Waals surface area contributed by atoms with Crippen LogP contribution in [0.1, 0.15) is 33.9 Å². The Morgan fingerprint density at radius 2 is 1.85 bits per heavy atom. The molecule has 0 aliphatic heterocycles. The van der Waals surface area contributed by atoms with Gasteiger partial charge >= 0.3 is 0 Å². The highest BCUT2D eigenvalue weighted by Crippen LogP contribution is 2.39. The van der Waals surface area contributed by atoms with E-state index in [0.29, 0.717) is 22.6 Å². The number of methoxy groups -OCH3 is 2. The van der Waals surface area contributed by atoms with Crippen LogP contribution in [0.15, 0.2) is 47.3 Å². The van der Waals surface area contributed by atoms with E-state index in [4.69, 9.17) is 9.47 Å². The van der Waals surface area contributed by atoms with E-state index in [-0.39, 0.29) is 17.5 Å². The molecule has 2 aromatic carbocycles. The molecule has 0 saturated heterocycles. The maximum absolute atomic E-state index is 12.9. The number of para-hydroxylation sites is 1. The molecule has 1 aromatic heterocycles. The number of aromatic amines is 1. The Bertz CT molecular complexity index is 1090. The Kier molecular flexibility index (Phi) is 4.32. The van der Waals surface area contributed by atoms with Crippen molar-refractivity contribution >= 4 is 16.8 Å². The third-order valence-electron chi connectivity index (χ3n) is 5.02. The lowest BCUT2D eigenvalue weighted by Crippen LogP contribution is -2.28. The lowest BCUT2D eigenvalue weighted by atomic mass is 10.0. The molecule has 0 spiro atoms. The summed E-state index contributed by atoms with van der Waals surface area (Å²) >= 11 is 0. The summed E-state index contributed by atoms with van der Waals surface area (Å²) in [5, 5.41) is 3.79. The van der Waals surface area contributed by atoms with E-state index in [1.807, 2.05) is 30.3 Å². The molecule has 1 atom stereocenters. The number of carbonyl (C=O) groups is 1. The van der Waals surface area contributed by atoms with Gasteiger partial charge in [-0.1, -0.05) is 18.2 Å². The van der Waals surface area contributed by atoms with Crippen LogP contribution in [0.25, 0.3) is 10.9 Å². The fourth-order valence-corrected chi connectivity index (χ4v) is 3.71. The minimum absolute atomic E-state index is 0.134. The van der Waals surface area contributed by atoms with Gasteiger partial charge in [-0.25, -0.2) is 0 Å². The van der Waals surface area contributed by atoms with Gasteiger partial charge in [0.1, 0.15) is 0 Å². The number of nitrogens with one attached hydrogen (secondary N) is 2. The first-order chi connectivity index (χ1) is 13.1. The number of amides is 1. The van der Waals surface area contributed by atoms with E-state index in [2.05, 4.69) is 10.3 Å². The number of fused-ring (bicyclic) bond motifs is 2. The van der Waals surface area contributed by atoms with Gasteiger partial charge in [-0.05, 0) is 42.2 Å². The summed E-state index contributed by atoms with van der Waals surface area (Å²) in [5.41, 5.74) is 2.89. The predicted molar refractivity (Wildman–Crippen MR) is 103 cm³/mol. The molecule has 0 fully saturated rings. The van der Waals surface area contributed by atoms with Crippen LogP contribution in [-0.2, 0) is 6.42 Å². The second kappa shape index (κ2) is 6.79. The monoisotopic (exact) mass is 364 g/mol. The number of H-pyrrole nitrogens is 1. The number of pyridine rings is 1. The molecule has 3 aromatic rings. The van der Waals surface area contributed by atoms with Crippen LogP contribution in [0.3, 0.4) is 0 Å². The van der Waals surface area contributed by atoms with Gasteiger partial charge in [0.25, 0.3) is 5.91 Å². The van der Waals surface area contributed by atoms with Crippen molar-refractivity contribution in [2.24, 2.45) is 0 Å². The Balaban J connectivity index is 1.68. The van der Waals surface area contributed by atoms with Crippen molar-refractivity contribution in [3.8, 4) is 11.5 Å². The van der Waals surface area contributed by atoms with Crippen molar-refractivity contribution in [3.63, 3.8) is 0 Å². The van der Waals surface area contributed by atoms with E-state index >= 15 is 0 Å². The van der Waals surface area contributed by atoms with E-state index in [9.17, 15) is 9.59 Å². The summed E-state index contributed by atoms with van der Waals surface area (Å²) < 4.78 is 10.7. The molecule has 6 heteroatoms. The average molecular weight is 364 g/mol. The van der Waals surface area contributed by atoms with Gasteiger partial charge < -0.3 is 19.8 Å². The standard InChI is InChI=1S/C21H20N2O4/c1-26-18-9-12-7-8-17(14(12)10-19(18)27-2)23-21(25)15-11-20(24)22-16-6-4-3-5-13(15)16/h3-6,9-11,17H,7-8H2,1-2H3,(H,22,24)(H,23,25). The predicted octanol–water partition coefficient (Wildman–Crippen LogP) is 2.96. The van der Waals surface area contributed by atoms with Crippen molar-refractivity contribution in [1.29, 1.82) is 0 Å². The molecule has 1 aliphatic carbocycles. The maximum atomic E-state index is 12.9. The molecule has 1 amide bonds. The first kappa shape index (κ1) is 17.1. The molecular weight excluding hydrogens is 344 g/mol. The van der Waals surface area contributed by atoms with Gasteiger partial charge in [-0.15, -0.1) is 0 Å². The average Bonchev–Trinajstić information content (AvgIpc) is 3.07. The minimum atomic E-state index is -0.294. The quantitative estimate of drug-likeness (QED) is 0.746. The van der Waals surface area contributed by atoms with Crippen molar-refractivity contribution in [2.45, 2.75) is 18.9 Å². The smallest absolute Gasteiger partial charge is 0.252 e. The molecular formula is C21H20N2O4. The van der Waals surface area contributed by atoms with Crippen LogP contribution in [0.2, 0.25) is 0 Å². The summed E-state index contributed by atoms with van der Waals surface area (Å²) in [6, 6.07) is 12.4. The van der Waals surface area contributed by atoms with Crippen LogP contribution < -0.4 is 20.3 Å². The van der Waals surface area contributed by atoms with Gasteiger partial charge in [-0.2, -0.15) is 0 Å². The minimum Gasteiger partial charge on any atom is -0.493 e. The number of ether oxygens (including phenoxy) is 2. The largest absolute Gasteiger partial charge is 0.493 e. The van der Waals surface area contributed by atoms with Crippen molar-refractivity contribution in [2.75, 3.05) is 14.2 Å². The van der Waals surface area contributed by atoms with E-state index in [1.54, 1.807) is 20.3 Å². The highest BCUT2D eigenvalue weighted by molar-refractivity contribution is 6.06. The Morgan fingerprint density at radius 3 is 2.63 bits per heavy atom. The third kappa shape index (κ3) is 3.03. The fourth-order valence-electron chi connectivity index (χ4n) is 3.71. The SMILES string of the molecule is COc1cc2c(cc1OC)C(NC(=O)c1cc(=O)[nH]c3ccccc13)CC2. The highest BCUT2D eigenvalue weighted by Gasteiger charge is 2.27. The molecule has 2 N–H and O–H groups in total. The zero-order valence-corrected chi connectivity index (χ0v) is 15.2. The second-order valence-corrected chi connectivity index (χ2v) is 6.56. The molecule has 0 saturated carbocycles. The van der Waals surface area contributed by atoms with Gasteiger partial charge in [0.2, 0.25) is 5.56 Å². The molecule has 1 unspecified atom stereocenters. The molecule has 0 bridgehead atoms. The third-order valence-corrected chi connectivity index (χ3v) is 5.02. The van der Waals surface area contributed by atoms with Crippen LogP contribution in [0.4, 0.5) is 0 Å². The summed E-state index contributed by atoms with van der Waals surface area (Å²) in [6.45, 7) is 0. The normalized spacial score (nSPS) is 15.4. The lowest BCUT2D eigenvalue weighted by Gasteiger charge is -2.17. The van der Waals surface area contributed by atoms with Crippen molar-refractivity contribution in [3.05, 3.63) is 69.5 Å². The molecule has 1 aliphatic rings. The van der Waals surface area contributed by atoms with E-state index < -0.39 is 0 Å². The van der Waals surface area contributed by atoms with Crippen molar-refractivity contribution in [1.82, 2.24) is 10.3 Å². The van der Waals surface area contributed by atoms with Gasteiger partial charge in [0.05, 0.1) is 25.8 Å². The second-order valence-electron chi connectivity index (χ2n) is 6.56. The van der Waals surface area contributed by atoms with Crippen LogP contribution in [-0.4, -0.2) is 25.1 Å². The van der Waals surface area contributed by atoms with Crippen molar-refractivity contribution < 1.29 is 14.3 Å². The van der Waals surface area contributed by atoms with E-state index in [1.165, 1.54) is 6.07 Å². The zero-order valence-electron chi connectivity index (χ0n) is 15.2. The summed E-state index contributed by atoms with van der Waals surface area (Å²) in [5.74, 6) is 1.06. The summed E-state index contributed by atoms with van der Waals surface area (Å²) in [4.78, 5) is 27.6.